The first-order valence-corrected chi connectivity index (χ1v) is 10.5. The number of aryl methyl sites for hydroxylation is 1. The lowest BCUT2D eigenvalue weighted by Gasteiger charge is -2.11. The van der Waals surface area contributed by atoms with E-state index in [-0.39, 0.29) is 11.9 Å². The van der Waals surface area contributed by atoms with Gasteiger partial charge >= 0.3 is 0 Å². The van der Waals surface area contributed by atoms with E-state index in [1.807, 2.05) is 26.0 Å². The number of hydrogen-bond donors (Lipinski definition) is 0. The Kier molecular flexibility index (Phi) is 7.21. The third kappa shape index (κ3) is 5.25. The van der Waals surface area contributed by atoms with Crippen LogP contribution in [0.4, 0.5) is 0 Å². The molecule has 3 rings (SSSR count). The summed E-state index contributed by atoms with van der Waals surface area (Å²) < 4.78 is 11.1. The first-order chi connectivity index (χ1) is 14.4. The summed E-state index contributed by atoms with van der Waals surface area (Å²) in [5.74, 6) is 1.46. The summed E-state index contributed by atoms with van der Waals surface area (Å²) in [5, 5.41) is 4.57. The summed E-state index contributed by atoms with van der Waals surface area (Å²) in [6, 6.07) is 7.79. The van der Waals surface area contributed by atoms with Gasteiger partial charge in [0.15, 0.2) is 0 Å². The predicted molar refractivity (Wildman–Crippen MR) is 117 cm³/mol. The van der Waals surface area contributed by atoms with Gasteiger partial charge in [-0.2, -0.15) is 4.98 Å². The summed E-state index contributed by atoms with van der Waals surface area (Å²) in [6.45, 7) is 7.55. The van der Waals surface area contributed by atoms with Crippen LogP contribution in [0.2, 0.25) is 5.02 Å². The molecule has 2 aromatic heterocycles. The lowest BCUT2D eigenvalue weighted by atomic mass is 9.94. The fourth-order valence-electron chi connectivity index (χ4n) is 3.33. The smallest absolute Gasteiger partial charge is 0.259 e. The standard InChI is InChI=1S/C23H26ClN3O3/c1-5-18-16(9-6-8-15(4)28)10-7-11-19(18)21-26-22(30-27-21)17-12-20(24)23(25-13-17)29-14(2)3/h7,10-14H,5-6,8-9H2,1-4H3. The zero-order valence-corrected chi connectivity index (χ0v) is 18.5. The van der Waals surface area contributed by atoms with Crippen molar-refractivity contribution in [3.63, 3.8) is 0 Å². The Morgan fingerprint density at radius 1 is 1.30 bits per heavy atom. The van der Waals surface area contributed by atoms with Gasteiger partial charge in [0, 0.05) is 18.2 Å². The van der Waals surface area contributed by atoms with Gasteiger partial charge in [-0.15, -0.1) is 0 Å². The molecule has 0 aliphatic heterocycles. The van der Waals surface area contributed by atoms with Crippen molar-refractivity contribution in [1.29, 1.82) is 0 Å². The van der Waals surface area contributed by atoms with Crippen LogP contribution in [0.25, 0.3) is 22.8 Å². The lowest BCUT2D eigenvalue weighted by molar-refractivity contribution is -0.117. The minimum absolute atomic E-state index is 0.0222. The highest BCUT2D eigenvalue weighted by Gasteiger charge is 2.17. The van der Waals surface area contributed by atoms with Crippen LogP contribution in [0, 0.1) is 0 Å². The van der Waals surface area contributed by atoms with Crippen molar-refractivity contribution in [2.24, 2.45) is 0 Å². The maximum atomic E-state index is 11.3. The van der Waals surface area contributed by atoms with Crippen molar-refractivity contribution in [1.82, 2.24) is 15.1 Å². The van der Waals surface area contributed by atoms with Gasteiger partial charge in [-0.05, 0) is 57.2 Å². The van der Waals surface area contributed by atoms with Crippen LogP contribution < -0.4 is 4.74 Å². The molecular weight excluding hydrogens is 402 g/mol. The number of hydrogen-bond acceptors (Lipinski definition) is 6. The highest BCUT2D eigenvalue weighted by Crippen LogP contribution is 2.31. The highest BCUT2D eigenvalue weighted by molar-refractivity contribution is 6.32. The van der Waals surface area contributed by atoms with Crippen LogP contribution in [-0.2, 0) is 17.6 Å². The molecule has 0 saturated carbocycles. The van der Waals surface area contributed by atoms with E-state index in [0.29, 0.717) is 34.6 Å². The molecule has 30 heavy (non-hydrogen) atoms. The first-order valence-electron chi connectivity index (χ1n) is 10.2. The average Bonchev–Trinajstić information content (AvgIpc) is 3.18. The minimum Gasteiger partial charge on any atom is -0.474 e. The molecule has 0 fully saturated rings. The predicted octanol–water partition coefficient (Wildman–Crippen LogP) is 5.71. The second-order valence-electron chi connectivity index (χ2n) is 7.45. The zero-order valence-electron chi connectivity index (χ0n) is 17.7. The van der Waals surface area contributed by atoms with E-state index in [0.717, 1.165) is 24.8 Å². The third-order valence-corrected chi connectivity index (χ3v) is 4.94. The fourth-order valence-corrected chi connectivity index (χ4v) is 3.54. The van der Waals surface area contributed by atoms with E-state index in [4.69, 9.17) is 20.9 Å². The van der Waals surface area contributed by atoms with Gasteiger partial charge in [0.2, 0.25) is 11.7 Å². The number of carbonyl (C=O) groups is 1. The van der Waals surface area contributed by atoms with E-state index in [1.54, 1.807) is 19.2 Å². The van der Waals surface area contributed by atoms with Crippen LogP contribution in [-0.4, -0.2) is 27.0 Å². The number of carbonyl (C=O) groups excluding carboxylic acids is 1. The monoisotopic (exact) mass is 427 g/mol. The van der Waals surface area contributed by atoms with Crippen LogP contribution in [0.1, 0.15) is 51.7 Å². The van der Waals surface area contributed by atoms with Gasteiger partial charge in [0.05, 0.1) is 11.7 Å². The SMILES string of the molecule is CCc1c(CCCC(C)=O)cccc1-c1noc(-c2cnc(OC(C)C)c(Cl)c2)n1. The minimum atomic E-state index is -0.0222. The molecule has 3 aromatic rings. The second kappa shape index (κ2) is 9.85. The van der Waals surface area contributed by atoms with Crippen molar-refractivity contribution in [2.75, 3.05) is 0 Å². The van der Waals surface area contributed by atoms with Gasteiger partial charge < -0.3 is 14.1 Å². The molecule has 0 atom stereocenters. The lowest BCUT2D eigenvalue weighted by Crippen LogP contribution is -2.07. The number of halogens is 1. The molecule has 7 heteroatoms. The summed E-state index contributed by atoms with van der Waals surface area (Å²) in [6.07, 6.45) is 4.69. The Morgan fingerprint density at radius 3 is 2.77 bits per heavy atom. The third-order valence-electron chi connectivity index (χ3n) is 4.67. The van der Waals surface area contributed by atoms with Gasteiger partial charge in [-0.3, -0.25) is 0 Å². The van der Waals surface area contributed by atoms with Crippen LogP contribution in [0.3, 0.4) is 0 Å². The molecule has 1 aromatic carbocycles. The molecule has 0 aliphatic rings. The van der Waals surface area contributed by atoms with E-state index in [2.05, 4.69) is 28.1 Å². The normalized spacial score (nSPS) is 11.1. The molecular formula is C23H26ClN3O3. The molecule has 0 aliphatic carbocycles. The zero-order chi connectivity index (χ0) is 21.7. The van der Waals surface area contributed by atoms with Crippen molar-refractivity contribution in [3.05, 3.63) is 46.6 Å². The van der Waals surface area contributed by atoms with Gasteiger partial charge in [-0.1, -0.05) is 41.9 Å². The fraction of sp³-hybridized carbons (Fsp3) is 0.391. The Hall–Kier alpha value is -2.73. The van der Waals surface area contributed by atoms with Crippen molar-refractivity contribution in [2.45, 2.75) is 59.5 Å². The molecule has 0 radical (unpaired) electrons. The first kappa shape index (κ1) is 22.0. The number of ketones is 1. The molecule has 0 amide bonds. The molecule has 0 N–H and O–H groups in total. The van der Waals surface area contributed by atoms with Crippen LogP contribution in [0.5, 0.6) is 5.88 Å². The van der Waals surface area contributed by atoms with E-state index in [1.165, 1.54) is 11.1 Å². The van der Waals surface area contributed by atoms with E-state index in [9.17, 15) is 4.79 Å². The van der Waals surface area contributed by atoms with E-state index < -0.39 is 0 Å². The van der Waals surface area contributed by atoms with Gasteiger partial charge in [0.1, 0.15) is 10.8 Å². The number of pyridine rings is 1. The Labute approximate surface area is 181 Å². The molecule has 0 spiro atoms. The Balaban J connectivity index is 1.87. The molecule has 0 saturated heterocycles. The number of nitrogens with zero attached hydrogens (tertiary/aromatic N) is 3. The van der Waals surface area contributed by atoms with Crippen molar-refractivity contribution in [3.8, 4) is 28.7 Å². The molecule has 0 unspecified atom stereocenters. The number of ether oxygens (including phenoxy) is 1. The maximum Gasteiger partial charge on any atom is 0.259 e. The molecule has 6 nitrogen and oxygen atoms in total. The van der Waals surface area contributed by atoms with E-state index >= 15 is 0 Å². The summed E-state index contributed by atoms with van der Waals surface area (Å²) in [4.78, 5) is 20.1. The maximum absolute atomic E-state index is 11.3. The average molecular weight is 428 g/mol. The molecule has 0 bridgehead atoms. The van der Waals surface area contributed by atoms with Crippen molar-refractivity contribution >= 4 is 17.4 Å². The van der Waals surface area contributed by atoms with Crippen LogP contribution in [0.15, 0.2) is 35.0 Å². The quantitative estimate of drug-likeness (QED) is 0.435. The summed E-state index contributed by atoms with van der Waals surface area (Å²) in [5.41, 5.74) is 3.95. The Bertz CT molecular complexity index is 1030. The number of rotatable bonds is 9. The second-order valence-corrected chi connectivity index (χ2v) is 7.86. The Morgan fingerprint density at radius 2 is 2.10 bits per heavy atom. The summed E-state index contributed by atoms with van der Waals surface area (Å²) >= 11 is 6.29. The topological polar surface area (TPSA) is 78.1 Å². The number of benzene rings is 1. The largest absolute Gasteiger partial charge is 0.474 e. The number of aromatic nitrogens is 3. The van der Waals surface area contributed by atoms with Gasteiger partial charge in [-0.25, -0.2) is 4.98 Å². The highest BCUT2D eigenvalue weighted by atomic mass is 35.5. The van der Waals surface area contributed by atoms with Gasteiger partial charge in [0.25, 0.3) is 5.89 Å². The molecule has 158 valence electrons. The summed E-state index contributed by atoms with van der Waals surface area (Å²) in [7, 11) is 0. The van der Waals surface area contributed by atoms with Crippen LogP contribution >= 0.6 is 11.6 Å². The van der Waals surface area contributed by atoms with Crippen molar-refractivity contribution < 1.29 is 14.1 Å². The molecule has 2 heterocycles. The number of Topliss-reactive ketones (excluding diaryl/α,β-unsaturated/α-hetero) is 1.